The van der Waals surface area contributed by atoms with Crippen molar-refractivity contribution in [1.29, 1.82) is 0 Å². The van der Waals surface area contributed by atoms with Gasteiger partial charge in [-0.3, -0.25) is 4.79 Å². The zero-order valence-electron chi connectivity index (χ0n) is 23.6. The van der Waals surface area contributed by atoms with Crippen LogP contribution in [0.4, 0.5) is 0 Å². The normalized spacial score (nSPS) is 12.4. The number of carbonyl (C=O) groups is 2. The molecule has 7 aromatic rings. The molecule has 0 radical (unpaired) electrons. The number of H-pyrrole nitrogens is 2. The lowest BCUT2D eigenvalue weighted by atomic mass is 10.1. The number of hydrogen-bond donors (Lipinski definition) is 5. The Labute approximate surface area is 267 Å². The van der Waals surface area contributed by atoms with E-state index in [-0.39, 0.29) is 30.4 Å². The molecule has 0 bridgehead atoms. The lowest BCUT2D eigenvalue weighted by molar-refractivity contribution is 0.0697. The van der Waals surface area contributed by atoms with Gasteiger partial charge in [-0.15, -0.1) is 12.4 Å². The number of amides is 1. The first-order chi connectivity index (χ1) is 21.4. The number of nitrogens with one attached hydrogen (secondary N) is 3. The molecule has 11 heteroatoms. The molecule has 1 amide bonds. The minimum Gasteiger partial charge on any atom is -0.478 e. The van der Waals surface area contributed by atoms with Crippen molar-refractivity contribution < 1.29 is 14.7 Å². The first kappa shape index (κ1) is 29.8. The first-order valence-electron chi connectivity index (χ1n) is 13.9. The Bertz CT molecular complexity index is 2290. The molecule has 1 aliphatic heterocycles. The lowest BCUT2D eigenvalue weighted by Gasteiger charge is -2.03. The second kappa shape index (κ2) is 12.0. The number of carboxylic acids is 1. The molecule has 9 nitrogen and oxygen atoms in total. The summed E-state index contributed by atoms with van der Waals surface area (Å²) < 4.78 is 0. The van der Waals surface area contributed by atoms with E-state index >= 15 is 0 Å². The van der Waals surface area contributed by atoms with Crippen LogP contribution in [0, 0.1) is 0 Å². The zero-order chi connectivity index (χ0) is 30.4. The topological polar surface area (TPSA) is 150 Å². The van der Waals surface area contributed by atoms with Crippen molar-refractivity contribution in [1.82, 2.24) is 25.3 Å². The number of aromatic nitrogens is 4. The largest absolute Gasteiger partial charge is 0.478 e. The number of halogens is 2. The number of aromatic amines is 2. The Morgan fingerprint density at radius 2 is 1.58 bits per heavy atom. The maximum atomic E-state index is 12.0. The quantitative estimate of drug-likeness (QED) is 0.130. The van der Waals surface area contributed by atoms with Gasteiger partial charge in [0.25, 0.3) is 5.91 Å². The molecule has 0 saturated carbocycles. The van der Waals surface area contributed by atoms with Gasteiger partial charge in [0.1, 0.15) is 5.15 Å². The molecule has 0 fully saturated rings. The van der Waals surface area contributed by atoms with Gasteiger partial charge in [0.15, 0.2) is 0 Å². The molecule has 1 aliphatic rings. The van der Waals surface area contributed by atoms with E-state index < -0.39 is 5.97 Å². The summed E-state index contributed by atoms with van der Waals surface area (Å²) in [4.78, 5) is 38.6. The number of pyridine rings is 2. The third kappa shape index (κ3) is 5.38. The first-order valence-corrected chi connectivity index (χ1v) is 14.3. The molecule has 6 N–H and O–H groups in total. The van der Waals surface area contributed by atoms with Crippen LogP contribution < -0.4 is 11.1 Å². The molecule has 3 aromatic carbocycles. The highest BCUT2D eigenvalue weighted by atomic mass is 35.5. The van der Waals surface area contributed by atoms with E-state index in [1.165, 1.54) is 0 Å². The van der Waals surface area contributed by atoms with Crippen LogP contribution in [0.3, 0.4) is 0 Å². The number of fused-ring (bicyclic) bond motifs is 8. The standard InChI is InChI=1S/C21H15N3O.C13H10ClN3O2.ClH/c25-21-19-16-9-7-14-11-22-15(8-6-13-4-2-1-3-5-13)10-17(14)20(16)24-18(19)12-23-21;14-10-3-8-6(5-16-10)1-2-7-11(13(18)19)9(4-15)17-12(7)8;/h1-11,22H,12H2,(H,23,25);1-3,5,16H,4,15H2,(H,18,19);1H/b8-6+;;. The molecule has 45 heavy (non-hydrogen) atoms. The Morgan fingerprint density at radius 1 is 0.889 bits per heavy atom. The van der Waals surface area contributed by atoms with Gasteiger partial charge in [0.05, 0.1) is 40.1 Å². The third-order valence-electron chi connectivity index (χ3n) is 7.75. The summed E-state index contributed by atoms with van der Waals surface area (Å²) in [5, 5.41) is 18.0. The Morgan fingerprint density at radius 3 is 2.31 bits per heavy atom. The predicted molar refractivity (Wildman–Crippen MR) is 181 cm³/mol. The molecule has 224 valence electrons. The number of hydrogen-bond acceptors (Lipinski definition) is 5. The molecule has 4 aromatic heterocycles. The number of aromatic carboxylic acids is 1. The van der Waals surface area contributed by atoms with Gasteiger partial charge in [0, 0.05) is 51.6 Å². The van der Waals surface area contributed by atoms with E-state index in [1.54, 1.807) is 18.3 Å². The maximum Gasteiger partial charge on any atom is 0.338 e. The van der Waals surface area contributed by atoms with Crippen LogP contribution in [0.2, 0.25) is 5.15 Å². The van der Waals surface area contributed by atoms with Crippen LogP contribution in [-0.2, 0) is 13.1 Å². The monoisotopic (exact) mass is 636 g/mol. The van der Waals surface area contributed by atoms with Crippen molar-refractivity contribution in [2.24, 2.45) is 5.73 Å². The molecule has 0 atom stereocenters. The summed E-state index contributed by atoms with van der Waals surface area (Å²) in [7, 11) is 0. The van der Waals surface area contributed by atoms with Crippen LogP contribution in [0.15, 0.2) is 79.1 Å². The van der Waals surface area contributed by atoms with Crippen molar-refractivity contribution in [3.63, 3.8) is 0 Å². The highest BCUT2D eigenvalue weighted by molar-refractivity contribution is 6.30. The van der Waals surface area contributed by atoms with E-state index in [0.29, 0.717) is 28.3 Å². The number of rotatable bonds is 4. The Kier molecular flexibility index (Phi) is 7.99. The molecule has 0 aliphatic carbocycles. The number of nitrogens with zero attached hydrogens (tertiary/aromatic N) is 2. The molecular weight excluding hydrogens is 611 g/mol. The number of nitrogens with two attached hydrogens (primary N) is 1. The van der Waals surface area contributed by atoms with Gasteiger partial charge in [-0.25, -0.2) is 14.8 Å². The molecular formula is C34H26Cl2N6O3. The van der Waals surface area contributed by atoms with E-state index in [2.05, 4.69) is 50.6 Å². The van der Waals surface area contributed by atoms with Crippen LogP contribution >= 0.6 is 24.0 Å². The Hall–Kier alpha value is -5.22. The smallest absolute Gasteiger partial charge is 0.338 e. The third-order valence-corrected chi connectivity index (χ3v) is 7.97. The van der Waals surface area contributed by atoms with Crippen molar-refractivity contribution >= 4 is 91.4 Å². The SMILES string of the molecule is Cl.NCc1nc2c(ccc3c[nH]c(Cl)cc32)c1C(=O)O.O=C1NCc2nc3c(ccc4c[nH]c(/C=C/c5ccccc5)cc43)c21. The number of benzene rings is 3. The highest BCUT2D eigenvalue weighted by Crippen LogP contribution is 2.32. The fourth-order valence-electron chi connectivity index (χ4n) is 5.68. The van der Waals surface area contributed by atoms with Crippen LogP contribution in [-0.4, -0.2) is 36.9 Å². The molecule has 8 rings (SSSR count). The predicted octanol–water partition coefficient (Wildman–Crippen LogP) is 7.08. The van der Waals surface area contributed by atoms with E-state index in [4.69, 9.17) is 22.3 Å². The van der Waals surface area contributed by atoms with Crippen molar-refractivity contribution in [3.05, 3.63) is 118 Å². The summed E-state index contributed by atoms with van der Waals surface area (Å²) in [6, 6.07) is 21.6. The number of carbonyl (C=O) groups excluding carboxylic acids is 1. The van der Waals surface area contributed by atoms with E-state index in [0.717, 1.165) is 55.0 Å². The minimum absolute atomic E-state index is 0. The summed E-state index contributed by atoms with van der Waals surface area (Å²) >= 11 is 5.94. The average molecular weight is 638 g/mol. The fraction of sp³-hybridized carbons (Fsp3) is 0.0588. The van der Waals surface area contributed by atoms with Crippen LogP contribution in [0.25, 0.3) is 55.5 Å². The van der Waals surface area contributed by atoms with Gasteiger partial charge in [-0.1, -0.05) is 72.3 Å². The fourth-order valence-corrected chi connectivity index (χ4v) is 5.84. The molecule has 0 spiro atoms. The summed E-state index contributed by atoms with van der Waals surface area (Å²) in [5.74, 6) is -1.04. The average Bonchev–Trinajstić information content (AvgIpc) is 3.73. The highest BCUT2D eigenvalue weighted by Gasteiger charge is 2.26. The Balaban J connectivity index is 0.000000161. The van der Waals surface area contributed by atoms with Gasteiger partial charge in [0.2, 0.25) is 0 Å². The molecule has 5 heterocycles. The second-order valence-corrected chi connectivity index (χ2v) is 10.8. The minimum atomic E-state index is -1.02. The van der Waals surface area contributed by atoms with Crippen molar-refractivity contribution in [2.75, 3.05) is 0 Å². The van der Waals surface area contributed by atoms with Gasteiger partial charge < -0.3 is 26.1 Å². The lowest BCUT2D eigenvalue weighted by Crippen LogP contribution is -2.13. The molecule has 0 saturated heterocycles. The zero-order valence-corrected chi connectivity index (χ0v) is 25.2. The van der Waals surface area contributed by atoms with Crippen LogP contribution in [0.5, 0.6) is 0 Å². The molecule has 0 unspecified atom stereocenters. The number of carboxylic acid groups (broad SMARTS) is 1. The van der Waals surface area contributed by atoms with Gasteiger partial charge >= 0.3 is 5.97 Å². The summed E-state index contributed by atoms with van der Waals surface area (Å²) in [6.07, 6.45) is 7.87. The van der Waals surface area contributed by atoms with Crippen molar-refractivity contribution in [3.8, 4) is 0 Å². The van der Waals surface area contributed by atoms with Crippen LogP contribution in [0.1, 0.15) is 43.4 Å². The second-order valence-electron chi connectivity index (χ2n) is 10.4. The summed E-state index contributed by atoms with van der Waals surface area (Å²) in [6.45, 7) is 0.606. The van der Waals surface area contributed by atoms with Crippen molar-refractivity contribution in [2.45, 2.75) is 13.1 Å². The maximum absolute atomic E-state index is 12.0. The summed E-state index contributed by atoms with van der Waals surface area (Å²) in [5.41, 5.74) is 11.4. The van der Waals surface area contributed by atoms with E-state index in [9.17, 15) is 14.7 Å². The van der Waals surface area contributed by atoms with Gasteiger partial charge in [-0.2, -0.15) is 0 Å². The van der Waals surface area contributed by atoms with E-state index in [1.807, 2.05) is 42.6 Å². The van der Waals surface area contributed by atoms with Gasteiger partial charge in [-0.05, 0) is 29.2 Å².